The number of carboxylic acid groups (broad SMARTS) is 1. The van der Waals surface area contributed by atoms with Gasteiger partial charge < -0.3 is 35.2 Å². The Morgan fingerprint density at radius 3 is 2.55 bits per heavy atom. The molecule has 12 heteroatoms. The maximum Gasteiger partial charge on any atom is 0.407 e. The standard InChI is InChI=1S/C28H35N7O5/c1-4-20-26(37)33(2)21-12-29-27(32-24(21)35(20)16-7-5-6-8-16)30-19-10-9-15(11-22(19)40-3)25(36)31-23-17-13-34(28(38)39)14-18(17)23/h9-12,16-18,20,23H,4-8,13-14H2,1-3H3,(H,31,36)(H,38,39)(H,29,30,32)/t17?,18?,20-,23?/m1/s1. The predicted molar refractivity (Wildman–Crippen MR) is 148 cm³/mol. The lowest BCUT2D eigenvalue weighted by molar-refractivity contribution is -0.120. The maximum atomic E-state index is 13.1. The van der Waals surface area contributed by atoms with Crippen LogP contribution in [0.3, 0.4) is 0 Å². The van der Waals surface area contributed by atoms with Crippen LogP contribution in [-0.4, -0.2) is 83.3 Å². The van der Waals surface area contributed by atoms with Crippen LogP contribution >= 0.6 is 0 Å². The molecule has 0 bridgehead atoms. The lowest BCUT2D eigenvalue weighted by Gasteiger charge is -2.43. The number of nitrogens with zero attached hydrogens (tertiary/aromatic N) is 5. The van der Waals surface area contributed by atoms with E-state index in [1.807, 2.05) is 6.92 Å². The van der Waals surface area contributed by atoms with Gasteiger partial charge >= 0.3 is 6.09 Å². The van der Waals surface area contributed by atoms with Crippen LogP contribution in [0.25, 0.3) is 0 Å². The van der Waals surface area contributed by atoms with Gasteiger partial charge in [0.15, 0.2) is 5.82 Å². The number of likely N-dealkylation sites (tertiary alicyclic amines) is 1. The Bertz CT molecular complexity index is 1330. The van der Waals surface area contributed by atoms with Crippen LogP contribution in [0.4, 0.5) is 27.9 Å². The number of rotatable bonds is 7. The van der Waals surface area contributed by atoms with Crippen LogP contribution in [0.2, 0.25) is 0 Å². The minimum atomic E-state index is -0.912. The Morgan fingerprint density at radius 1 is 1.18 bits per heavy atom. The molecule has 2 aliphatic carbocycles. The van der Waals surface area contributed by atoms with Gasteiger partial charge in [-0.3, -0.25) is 9.59 Å². The predicted octanol–water partition coefficient (Wildman–Crippen LogP) is 3.07. The van der Waals surface area contributed by atoms with Gasteiger partial charge in [0.2, 0.25) is 11.9 Å². The first-order valence-electron chi connectivity index (χ1n) is 14.0. The lowest BCUT2D eigenvalue weighted by Crippen LogP contribution is -2.55. The molecule has 3 N–H and O–H groups in total. The SMILES string of the molecule is CC[C@@H]1C(=O)N(C)c2cnc(Nc3ccc(C(=O)NC4C5CN(C(=O)O)CC54)cc3OC)nc2N1C1CCCC1. The molecule has 1 aromatic heterocycles. The number of carbonyl (C=O) groups is 3. The molecule has 0 radical (unpaired) electrons. The zero-order chi connectivity index (χ0) is 28.1. The number of amides is 3. The molecule has 1 saturated heterocycles. The van der Waals surface area contributed by atoms with Gasteiger partial charge in [0.05, 0.1) is 19.0 Å². The molecule has 2 aliphatic heterocycles. The molecule has 212 valence electrons. The summed E-state index contributed by atoms with van der Waals surface area (Å²) in [5.41, 5.74) is 1.76. The summed E-state index contributed by atoms with van der Waals surface area (Å²) in [6, 6.07) is 5.15. The summed E-state index contributed by atoms with van der Waals surface area (Å²) in [5, 5.41) is 15.4. The Hall–Kier alpha value is -4.09. The highest BCUT2D eigenvalue weighted by Gasteiger charge is 2.57. The van der Waals surface area contributed by atoms with Crippen molar-refractivity contribution in [2.75, 3.05) is 42.4 Å². The van der Waals surface area contributed by atoms with Gasteiger partial charge in [-0.2, -0.15) is 4.98 Å². The maximum absolute atomic E-state index is 13.1. The van der Waals surface area contributed by atoms with E-state index in [9.17, 15) is 14.4 Å². The van der Waals surface area contributed by atoms with Crippen LogP contribution in [0.15, 0.2) is 24.4 Å². The van der Waals surface area contributed by atoms with Crippen LogP contribution < -0.4 is 25.2 Å². The molecular formula is C28H35N7O5. The minimum Gasteiger partial charge on any atom is -0.495 e. The van der Waals surface area contributed by atoms with E-state index in [4.69, 9.17) is 14.8 Å². The third kappa shape index (κ3) is 4.44. The first-order chi connectivity index (χ1) is 19.3. The quantitative estimate of drug-likeness (QED) is 0.475. The molecule has 3 amide bonds. The molecule has 4 aliphatic rings. The van der Waals surface area contributed by atoms with Crippen molar-refractivity contribution < 1.29 is 24.2 Å². The van der Waals surface area contributed by atoms with E-state index in [-0.39, 0.29) is 41.8 Å². The third-order valence-corrected chi connectivity index (χ3v) is 8.88. The van der Waals surface area contributed by atoms with E-state index in [0.717, 1.165) is 31.5 Å². The minimum absolute atomic E-state index is 0.00411. The average Bonchev–Trinajstić information content (AvgIpc) is 3.34. The highest BCUT2D eigenvalue weighted by Crippen LogP contribution is 2.46. The van der Waals surface area contributed by atoms with E-state index in [1.165, 1.54) is 12.0 Å². The summed E-state index contributed by atoms with van der Waals surface area (Å²) in [6.07, 6.45) is 5.84. The Morgan fingerprint density at radius 2 is 1.90 bits per heavy atom. The van der Waals surface area contributed by atoms with E-state index in [1.54, 1.807) is 36.3 Å². The van der Waals surface area contributed by atoms with Gasteiger partial charge in [-0.1, -0.05) is 19.8 Å². The third-order valence-electron chi connectivity index (χ3n) is 8.88. The Balaban J connectivity index is 1.20. The number of piperidine rings is 1. The van der Waals surface area contributed by atoms with Crippen molar-refractivity contribution in [2.24, 2.45) is 11.8 Å². The number of hydrogen-bond donors (Lipinski definition) is 3. The molecule has 3 fully saturated rings. The van der Waals surface area contributed by atoms with Gasteiger partial charge in [-0.25, -0.2) is 9.78 Å². The van der Waals surface area contributed by atoms with E-state index < -0.39 is 6.09 Å². The number of nitrogens with one attached hydrogen (secondary N) is 2. The number of anilines is 4. The Labute approximate surface area is 232 Å². The van der Waals surface area contributed by atoms with Crippen LogP contribution in [0.5, 0.6) is 5.75 Å². The van der Waals surface area contributed by atoms with Crippen molar-refractivity contribution in [1.82, 2.24) is 20.2 Å². The van der Waals surface area contributed by atoms with Gasteiger partial charge in [0.25, 0.3) is 5.91 Å². The zero-order valence-electron chi connectivity index (χ0n) is 23.0. The lowest BCUT2D eigenvalue weighted by atomic mass is 10.0. The van der Waals surface area contributed by atoms with Crippen molar-refractivity contribution in [1.29, 1.82) is 0 Å². The molecule has 2 aromatic rings. The molecule has 3 heterocycles. The largest absolute Gasteiger partial charge is 0.495 e. The molecular weight excluding hydrogens is 514 g/mol. The summed E-state index contributed by atoms with van der Waals surface area (Å²) in [5.74, 6) is 1.79. The van der Waals surface area contributed by atoms with Crippen molar-refractivity contribution in [2.45, 2.75) is 57.2 Å². The monoisotopic (exact) mass is 549 g/mol. The number of fused-ring (bicyclic) bond motifs is 2. The number of hydrogen-bond acceptors (Lipinski definition) is 8. The molecule has 6 rings (SSSR count). The van der Waals surface area contributed by atoms with Crippen LogP contribution in [0.1, 0.15) is 49.4 Å². The first-order valence-corrected chi connectivity index (χ1v) is 14.0. The van der Waals surface area contributed by atoms with Crippen LogP contribution in [-0.2, 0) is 4.79 Å². The smallest absolute Gasteiger partial charge is 0.407 e. The molecule has 1 aromatic carbocycles. The fraction of sp³-hybridized carbons (Fsp3) is 0.536. The van der Waals surface area contributed by atoms with Crippen molar-refractivity contribution in [3.63, 3.8) is 0 Å². The van der Waals surface area contributed by atoms with Gasteiger partial charge in [-0.15, -0.1) is 0 Å². The van der Waals surface area contributed by atoms with E-state index >= 15 is 0 Å². The summed E-state index contributed by atoms with van der Waals surface area (Å²) >= 11 is 0. The average molecular weight is 550 g/mol. The fourth-order valence-corrected chi connectivity index (χ4v) is 6.63. The summed E-state index contributed by atoms with van der Waals surface area (Å²) in [6.45, 7) is 2.95. The molecule has 12 nitrogen and oxygen atoms in total. The second-order valence-electron chi connectivity index (χ2n) is 11.1. The highest BCUT2D eigenvalue weighted by molar-refractivity contribution is 6.04. The zero-order valence-corrected chi connectivity index (χ0v) is 23.0. The fourth-order valence-electron chi connectivity index (χ4n) is 6.63. The summed E-state index contributed by atoms with van der Waals surface area (Å²) < 4.78 is 5.59. The highest BCUT2D eigenvalue weighted by atomic mass is 16.5. The number of aromatic nitrogens is 2. The van der Waals surface area contributed by atoms with E-state index in [2.05, 4.69) is 20.5 Å². The van der Waals surface area contributed by atoms with Crippen molar-refractivity contribution >= 4 is 41.0 Å². The van der Waals surface area contributed by atoms with Gasteiger partial charge in [0, 0.05) is 49.6 Å². The first kappa shape index (κ1) is 26.1. The number of likely N-dealkylation sites (N-methyl/N-ethyl adjacent to an activating group) is 1. The topological polar surface area (TPSA) is 140 Å². The number of methoxy groups -OCH3 is 1. The van der Waals surface area contributed by atoms with Crippen LogP contribution in [0, 0.1) is 11.8 Å². The summed E-state index contributed by atoms with van der Waals surface area (Å²) in [7, 11) is 3.31. The number of carbonyl (C=O) groups excluding carboxylic acids is 2. The molecule has 3 atom stereocenters. The Kier molecular flexibility index (Phi) is 6.63. The normalized spacial score (nSPS) is 25.5. The van der Waals surface area contributed by atoms with E-state index in [0.29, 0.717) is 48.1 Å². The molecule has 2 saturated carbocycles. The number of benzene rings is 1. The second-order valence-corrected chi connectivity index (χ2v) is 11.1. The van der Waals surface area contributed by atoms with Crippen molar-refractivity contribution in [3.05, 3.63) is 30.0 Å². The molecule has 0 spiro atoms. The number of ether oxygens (including phenoxy) is 1. The molecule has 40 heavy (non-hydrogen) atoms. The van der Waals surface area contributed by atoms with Crippen molar-refractivity contribution in [3.8, 4) is 5.75 Å². The van der Waals surface area contributed by atoms with Gasteiger partial charge in [0.1, 0.15) is 17.5 Å². The summed E-state index contributed by atoms with van der Waals surface area (Å²) in [4.78, 5) is 51.8. The molecule has 2 unspecified atom stereocenters. The van der Waals surface area contributed by atoms with Gasteiger partial charge in [-0.05, 0) is 37.5 Å². The second kappa shape index (κ2) is 10.1.